The highest BCUT2D eigenvalue weighted by molar-refractivity contribution is 7.88. The minimum Gasteiger partial charge on any atom is -0.478 e. The van der Waals surface area contributed by atoms with Crippen LogP contribution in [0.5, 0.6) is 0 Å². The van der Waals surface area contributed by atoms with E-state index in [2.05, 4.69) is 0 Å². The second-order valence-electron chi connectivity index (χ2n) is 4.89. The Morgan fingerprint density at radius 1 is 1.32 bits per heavy atom. The van der Waals surface area contributed by atoms with Crippen molar-refractivity contribution in [2.24, 2.45) is 0 Å². The van der Waals surface area contributed by atoms with E-state index in [0.29, 0.717) is 13.1 Å². The number of hydrogen-bond acceptors (Lipinski definition) is 3. The fourth-order valence-electron chi connectivity index (χ4n) is 2.41. The number of benzene rings is 1. The van der Waals surface area contributed by atoms with E-state index in [1.54, 1.807) is 24.3 Å². The molecule has 0 spiro atoms. The van der Waals surface area contributed by atoms with Crippen molar-refractivity contribution < 1.29 is 18.3 Å². The molecule has 0 aliphatic carbocycles. The van der Waals surface area contributed by atoms with Gasteiger partial charge in [-0.2, -0.15) is 0 Å². The third-order valence-corrected chi connectivity index (χ3v) is 4.75. The second-order valence-corrected chi connectivity index (χ2v) is 6.87. The van der Waals surface area contributed by atoms with Crippen molar-refractivity contribution >= 4 is 16.0 Å². The molecule has 0 aromatic heterocycles. The molecule has 0 radical (unpaired) electrons. The summed E-state index contributed by atoms with van der Waals surface area (Å²) in [5, 5.41) is 8.85. The van der Waals surface area contributed by atoms with Crippen molar-refractivity contribution in [3.63, 3.8) is 0 Å². The van der Waals surface area contributed by atoms with Gasteiger partial charge < -0.3 is 5.11 Å². The van der Waals surface area contributed by atoms with Gasteiger partial charge in [0.25, 0.3) is 0 Å². The number of carbonyl (C=O) groups is 1. The van der Waals surface area contributed by atoms with Crippen molar-refractivity contribution in [3.8, 4) is 0 Å². The normalized spacial score (nSPS) is 21.2. The molecule has 0 unspecified atom stereocenters. The predicted molar refractivity (Wildman–Crippen MR) is 71.8 cm³/mol. The van der Waals surface area contributed by atoms with Crippen molar-refractivity contribution in [1.29, 1.82) is 0 Å². The molecule has 1 aliphatic rings. The Balaban J connectivity index is 2.15. The first-order valence-electron chi connectivity index (χ1n) is 6.16. The van der Waals surface area contributed by atoms with Crippen LogP contribution in [-0.2, 0) is 10.0 Å². The summed E-state index contributed by atoms with van der Waals surface area (Å²) >= 11 is 0. The first-order valence-corrected chi connectivity index (χ1v) is 8.01. The van der Waals surface area contributed by atoms with Gasteiger partial charge in [0, 0.05) is 13.1 Å². The monoisotopic (exact) mass is 283 g/mol. The summed E-state index contributed by atoms with van der Waals surface area (Å²) in [4.78, 5) is 10.8. The quantitative estimate of drug-likeness (QED) is 0.912. The zero-order valence-electron chi connectivity index (χ0n) is 10.7. The van der Waals surface area contributed by atoms with Crippen LogP contribution in [0.4, 0.5) is 0 Å². The summed E-state index contributed by atoms with van der Waals surface area (Å²) in [7, 11) is -3.15. The summed E-state index contributed by atoms with van der Waals surface area (Å²) in [6, 6.07) is 6.69. The Hall–Kier alpha value is -1.40. The molecule has 1 saturated heterocycles. The fraction of sp³-hybridized carbons (Fsp3) is 0.462. The van der Waals surface area contributed by atoms with Gasteiger partial charge >= 0.3 is 5.97 Å². The van der Waals surface area contributed by atoms with Gasteiger partial charge in [0.05, 0.1) is 11.8 Å². The minimum atomic E-state index is -3.15. The number of rotatable bonds is 3. The van der Waals surface area contributed by atoms with E-state index in [1.165, 1.54) is 10.6 Å². The maximum Gasteiger partial charge on any atom is 0.335 e. The van der Waals surface area contributed by atoms with Crippen LogP contribution in [0.1, 0.15) is 34.7 Å². The lowest BCUT2D eigenvalue weighted by Crippen LogP contribution is -2.38. The van der Waals surface area contributed by atoms with E-state index in [4.69, 9.17) is 5.11 Å². The van der Waals surface area contributed by atoms with Crippen LogP contribution in [0.3, 0.4) is 0 Å². The van der Waals surface area contributed by atoms with Gasteiger partial charge in [-0.3, -0.25) is 0 Å². The van der Waals surface area contributed by atoms with E-state index in [9.17, 15) is 13.2 Å². The summed E-state index contributed by atoms with van der Waals surface area (Å²) in [6.07, 6.45) is 2.99. The zero-order valence-corrected chi connectivity index (χ0v) is 11.6. The molecule has 1 aromatic rings. The highest BCUT2D eigenvalue weighted by Gasteiger charge is 2.26. The lowest BCUT2D eigenvalue weighted by molar-refractivity contribution is 0.0697. The molecule has 1 aromatic carbocycles. The molecule has 1 heterocycles. The smallest absolute Gasteiger partial charge is 0.335 e. The average Bonchev–Trinajstić information content (AvgIpc) is 2.38. The fourth-order valence-corrected chi connectivity index (χ4v) is 3.33. The molecule has 104 valence electrons. The maximum absolute atomic E-state index is 11.6. The summed E-state index contributed by atoms with van der Waals surface area (Å²) in [5.74, 6) is -0.806. The Morgan fingerprint density at radius 3 is 2.47 bits per heavy atom. The number of sulfonamides is 1. The largest absolute Gasteiger partial charge is 0.478 e. The van der Waals surface area contributed by atoms with Crippen LogP contribution in [0.2, 0.25) is 0 Å². The van der Waals surface area contributed by atoms with Gasteiger partial charge in [0.1, 0.15) is 0 Å². The SMILES string of the molecule is CS(=O)(=O)N1CCC[C@H](c2ccc(C(=O)O)cc2)C1. The van der Waals surface area contributed by atoms with Crippen molar-refractivity contribution in [1.82, 2.24) is 4.31 Å². The molecule has 0 saturated carbocycles. The van der Waals surface area contributed by atoms with Crippen LogP contribution in [0.25, 0.3) is 0 Å². The minimum absolute atomic E-state index is 0.145. The topological polar surface area (TPSA) is 74.7 Å². The molecule has 1 N–H and O–H groups in total. The molecule has 1 fully saturated rings. The molecule has 19 heavy (non-hydrogen) atoms. The molecular formula is C13H17NO4S. The van der Waals surface area contributed by atoms with Gasteiger partial charge in [0.2, 0.25) is 10.0 Å². The number of hydrogen-bond donors (Lipinski definition) is 1. The number of nitrogens with zero attached hydrogens (tertiary/aromatic N) is 1. The van der Waals surface area contributed by atoms with E-state index in [0.717, 1.165) is 18.4 Å². The van der Waals surface area contributed by atoms with Crippen LogP contribution >= 0.6 is 0 Å². The summed E-state index contributed by atoms with van der Waals surface area (Å²) in [6.45, 7) is 1.05. The summed E-state index contributed by atoms with van der Waals surface area (Å²) in [5.41, 5.74) is 1.25. The maximum atomic E-state index is 11.6. The van der Waals surface area contributed by atoms with Crippen LogP contribution in [-0.4, -0.2) is 43.1 Å². The third kappa shape index (κ3) is 3.33. The first-order chi connectivity index (χ1) is 8.88. The zero-order chi connectivity index (χ0) is 14.0. The van der Waals surface area contributed by atoms with Crippen molar-refractivity contribution in [2.75, 3.05) is 19.3 Å². The molecule has 1 atom stereocenters. The molecule has 1 aliphatic heterocycles. The van der Waals surface area contributed by atoms with Gasteiger partial charge in [-0.25, -0.2) is 17.5 Å². The standard InChI is InChI=1S/C13H17NO4S/c1-19(17,18)14-8-2-3-12(9-14)10-4-6-11(7-5-10)13(15)16/h4-7,12H,2-3,8-9H2,1H3,(H,15,16)/t12-/m0/s1. The molecule has 6 heteroatoms. The number of piperidine rings is 1. The Kier molecular flexibility index (Phi) is 3.91. The second kappa shape index (κ2) is 5.30. The van der Waals surface area contributed by atoms with Crippen LogP contribution < -0.4 is 0 Å². The molecular weight excluding hydrogens is 266 g/mol. The highest BCUT2D eigenvalue weighted by Crippen LogP contribution is 2.28. The number of carboxylic acids is 1. The van der Waals surface area contributed by atoms with Crippen LogP contribution in [0.15, 0.2) is 24.3 Å². The van der Waals surface area contributed by atoms with Gasteiger partial charge in [0.15, 0.2) is 0 Å². The van der Waals surface area contributed by atoms with E-state index >= 15 is 0 Å². The number of aromatic carboxylic acids is 1. The number of carboxylic acid groups (broad SMARTS) is 1. The molecule has 0 bridgehead atoms. The Morgan fingerprint density at radius 2 is 1.95 bits per heavy atom. The summed E-state index contributed by atoms with van der Waals surface area (Å²) < 4.78 is 24.6. The first kappa shape index (κ1) is 14.0. The Labute approximate surface area is 112 Å². The predicted octanol–water partition coefficient (Wildman–Crippen LogP) is 1.52. The van der Waals surface area contributed by atoms with E-state index < -0.39 is 16.0 Å². The third-order valence-electron chi connectivity index (χ3n) is 3.48. The molecule has 2 rings (SSSR count). The van der Waals surface area contributed by atoms with E-state index in [-0.39, 0.29) is 11.5 Å². The lowest BCUT2D eigenvalue weighted by Gasteiger charge is -2.31. The van der Waals surface area contributed by atoms with Crippen molar-refractivity contribution in [2.45, 2.75) is 18.8 Å². The molecule has 0 amide bonds. The highest BCUT2D eigenvalue weighted by atomic mass is 32.2. The Bertz CT molecular complexity index is 565. The van der Waals surface area contributed by atoms with Gasteiger partial charge in [-0.15, -0.1) is 0 Å². The van der Waals surface area contributed by atoms with E-state index in [1.807, 2.05) is 0 Å². The lowest BCUT2D eigenvalue weighted by atomic mass is 9.91. The van der Waals surface area contributed by atoms with Gasteiger partial charge in [-0.05, 0) is 36.5 Å². The van der Waals surface area contributed by atoms with Crippen LogP contribution in [0, 0.1) is 0 Å². The average molecular weight is 283 g/mol. The van der Waals surface area contributed by atoms with Crippen molar-refractivity contribution in [3.05, 3.63) is 35.4 Å². The molecule has 5 nitrogen and oxygen atoms in total. The van der Waals surface area contributed by atoms with Gasteiger partial charge in [-0.1, -0.05) is 12.1 Å².